The van der Waals surface area contributed by atoms with E-state index in [9.17, 15) is 8.42 Å². The normalized spacial score (nSPS) is 21.5. The molecule has 0 aliphatic carbocycles. The second-order valence-electron chi connectivity index (χ2n) is 4.56. The van der Waals surface area contributed by atoms with Crippen LogP contribution in [0.25, 0.3) is 0 Å². The maximum absolute atomic E-state index is 12.0. The minimum atomic E-state index is -3.67. The first kappa shape index (κ1) is 13.5. The van der Waals surface area contributed by atoms with Gasteiger partial charge in [-0.15, -0.1) is 0 Å². The highest BCUT2D eigenvalue weighted by molar-refractivity contribution is 7.86. The van der Waals surface area contributed by atoms with Crippen LogP contribution in [0, 0.1) is 6.92 Å². The van der Waals surface area contributed by atoms with Crippen LogP contribution in [0.2, 0.25) is 0 Å². The van der Waals surface area contributed by atoms with Gasteiger partial charge < -0.3 is 4.74 Å². The molecule has 1 aliphatic rings. The highest BCUT2D eigenvalue weighted by atomic mass is 32.2. The van der Waals surface area contributed by atoms with Gasteiger partial charge in [0.05, 0.1) is 11.5 Å². The summed E-state index contributed by atoms with van der Waals surface area (Å²) < 4.78 is 34.6. The summed E-state index contributed by atoms with van der Waals surface area (Å²) in [7, 11) is -3.67. The molecule has 1 aliphatic heterocycles. The molecular formula is C13H18O4S. The van der Waals surface area contributed by atoms with E-state index in [0.717, 1.165) is 24.8 Å². The van der Waals surface area contributed by atoms with Crippen LogP contribution in [-0.2, 0) is 19.0 Å². The fourth-order valence-electron chi connectivity index (χ4n) is 1.89. The Bertz CT molecular complexity index is 470. The molecule has 0 spiro atoms. The van der Waals surface area contributed by atoms with Crippen molar-refractivity contribution in [2.75, 3.05) is 13.2 Å². The number of hydrogen-bond acceptors (Lipinski definition) is 4. The van der Waals surface area contributed by atoms with Crippen molar-refractivity contribution in [3.63, 3.8) is 0 Å². The second-order valence-corrected chi connectivity index (χ2v) is 6.13. The third-order valence-corrected chi connectivity index (χ3v) is 4.32. The molecule has 0 saturated carbocycles. The van der Waals surface area contributed by atoms with E-state index in [1.165, 1.54) is 0 Å². The van der Waals surface area contributed by atoms with E-state index in [-0.39, 0.29) is 11.0 Å². The van der Waals surface area contributed by atoms with Gasteiger partial charge in [0, 0.05) is 6.61 Å². The number of ether oxygens (including phenoxy) is 1. The molecule has 100 valence electrons. The molecule has 0 aromatic heterocycles. The highest BCUT2D eigenvalue weighted by Crippen LogP contribution is 2.19. The summed E-state index contributed by atoms with van der Waals surface area (Å²) in [6.45, 7) is 2.95. The van der Waals surface area contributed by atoms with Crippen LogP contribution in [0.3, 0.4) is 0 Å². The molecule has 1 fully saturated rings. The van der Waals surface area contributed by atoms with E-state index >= 15 is 0 Å². The summed E-state index contributed by atoms with van der Waals surface area (Å²) in [4.78, 5) is 0.206. The number of hydrogen-bond donors (Lipinski definition) is 0. The number of aryl methyl sites for hydroxylation is 1. The molecule has 1 heterocycles. The zero-order valence-corrected chi connectivity index (χ0v) is 11.3. The minimum absolute atomic E-state index is 0.206. The molecule has 1 aromatic rings. The van der Waals surface area contributed by atoms with Crippen molar-refractivity contribution in [3.05, 3.63) is 29.8 Å². The Labute approximate surface area is 108 Å². The lowest BCUT2D eigenvalue weighted by Gasteiger charge is -2.14. The monoisotopic (exact) mass is 270 g/mol. The van der Waals surface area contributed by atoms with Crippen LogP contribution in [0.15, 0.2) is 29.2 Å². The van der Waals surface area contributed by atoms with Gasteiger partial charge >= 0.3 is 0 Å². The van der Waals surface area contributed by atoms with Crippen LogP contribution < -0.4 is 0 Å². The molecule has 5 heteroatoms. The van der Waals surface area contributed by atoms with E-state index in [1.807, 2.05) is 6.92 Å². The fraction of sp³-hybridized carbons (Fsp3) is 0.538. The van der Waals surface area contributed by atoms with Crippen LogP contribution >= 0.6 is 0 Å². The lowest BCUT2D eigenvalue weighted by atomic mass is 10.2. The first-order valence-corrected chi connectivity index (χ1v) is 7.56. The average Bonchev–Trinajstić information content (AvgIpc) is 2.57. The maximum atomic E-state index is 12.0. The maximum Gasteiger partial charge on any atom is 0.297 e. The molecule has 0 amide bonds. The topological polar surface area (TPSA) is 52.6 Å². The van der Waals surface area contributed by atoms with Crippen molar-refractivity contribution in [2.45, 2.75) is 37.2 Å². The molecule has 0 N–H and O–H groups in total. The average molecular weight is 270 g/mol. The smallest absolute Gasteiger partial charge is 0.297 e. The minimum Gasteiger partial charge on any atom is -0.379 e. The molecule has 18 heavy (non-hydrogen) atoms. The first-order valence-electron chi connectivity index (χ1n) is 6.16. The predicted molar refractivity (Wildman–Crippen MR) is 67.9 cm³/mol. The molecular weight excluding hydrogens is 252 g/mol. The third-order valence-electron chi connectivity index (χ3n) is 2.94. The summed E-state index contributed by atoms with van der Waals surface area (Å²) >= 11 is 0. The van der Waals surface area contributed by atoms with Gasteiger partial charge in [-0.3, -0.25) is 4.18 Å². The summed E-state index contributed by atoms with van der Waals surface area (Å²) in [6, 6.07) is 6.67. The van der Waals surface area contributed by atoms with Gasteiger partial charge in [0.1, 0.15) is 6.10 Å². The standard InChI is InChI=1S/C13H18O4S/c1-11-5-7-13(8-6-11)18(14,15)17-12-4-2-3-9-16-10-12/h5-8,12H,2-4,9-10H2,1H3. The summed E-state index contributed by atoms with van der Waals surface area (Å²) in [5, 5.41) is 0. The summed E-state index contributed by atoms with van der Waals surface area (Å²) in [5.74, 6) is 0. The number of rotatable bonds is 3. The van der Waals surface area contributed by atoms with Crippen LogP contribution in [0.5, 0.6) is 0 Å². The van der Waals surface area contributed by atoms with Crippen LogP contribution in [0.1, 0.15) is 24.8 Å². The first-order chi connectivity index (χ1) is 8.58. The SMILES string of the molecule is Cc1ccc(S(=O)(=O)OC2CCCCOC2)cc1. The molecule has 4 nitrogen and oxygen atoms in total. The fourth-order valence-corrected chi connectivity index (χ4v) is 2.98. The lowest BCUT2D eigenvalue weighted by molar-refractivity contribution is 0.0683. The Kier molecular flexibility index (Phi) is 4.37. The Balaban J connectivity index is 2.08. The molecule has 1 atom stereocenters. The zero-order valence-electron chi connectivity index (χ0n) is 10.5. The molecule has 2 rings (SSSR count). The van der Waals surface area contributed by atoms with Gasteiger partial charge in [-0.1, -0.05) is 17.7 Å². The van der Waals surface area contributed by atoms with Crippen molar-refractivity contribution < 1.29 is 17.3 Å². The van der Waals surface area contributed by atoms with E-state index in [0.29, 0.717) is 13.2 Å². The van der Waals surface area contributed by atoms with Crippen molar-refractivity contribution >= 4 is 10.1 Å². The Morgan fingerprint density at radius 3 is 2.67 bits per heavy atom. The van der Waals surface area contributed by atoms with Gasteiger partial charge in [-0.05, 0) is 38.3 Å². The van der Waals surface area contributed by atoms with Crippen molar-refractivity contribution in [2.24, 2.45) is 0 Å². The van der Waals surface area contributed by atoms with E-state index in [4.69, 9.17) is 8.92 Å². The van der Waals surface area contributed by atoms with Gasteiger partial charge in [-0.2, -0.15) is 8.42 Å². The lowest BCUT2D eigenvalue weighted by Crippen LogP contribution is -2.22. The van der Waals surface area contributed by atoms with E-state index in [2.05, 4.69) is 0 Å². The van der Waals surface area contributed by atoms with Crippen LogP contribution in [-0.4, -0.2) is 27.7 Å². The largest absolute Gasteiger partial charge is 0.379 e. The Morgan fingerprint density at radius 1 is 1.22 bits per heavy atom. The van der Waals surface area contributed by atoms with Gasteiger partial charge in [-0.25, -0.2) is 0 Å². The van der Waals surface area contributed by atoms with Crippen molar-refractivity contribution in [1.82, 2.24) is 0 Å². The Morgan fingerprint density at radius 2 is 1.94 bits per heavy atom. The summed E-state index contributed by atoms with van der Waals surface area (Å²) in [6.07, 6.45) is 2.27. The highest BCUT2D eigenvalue weighted by Gasteiger charge is 2.23. The second kappa shape index (κ2) is 5.82. The van der Waals surface area contributed by atoms with Crippen LogP contribution in [0.4, 0.5) is 0 Å². The van der Waals surface area contributed by atoms with Gasteiger partial charge in [0.25, 0.3) is 10.1 Å². The molecule has 1 unspecified atom stereocenters. The molecule has 1 saturated heterocycles. The summed E-state index contributed by atoms with van der Waals surface area (Å²) in [5.41, 5.74) is 1.02. The zero-order chi connectivity index (χ0) is 13.0. The van der Waals surface area contributed by atoms with Gasteiger partial charge in [0.15, 0.2) is 0 Å². The molecule has 1 aromatic carbocycles. The molecule has 0 bridgehead atoms. The third kappa shape index (κ3) is 3.54. The predicted octanol–water partition coefficient (Wildman–Crippen LogP) is 2.27. The Hall–Kier alpha value is -0.910. The van der Waals surface area contributed by atoms with Crippen molar-refractivity contribution in [1.29, 1.82) is 0 Å². The molecule has 0 radical (unpaired) electrons. The van der Waals surface area contributed by atoms with E-state index < -0.39 is 10.1 Å². The number of benzene rings is 1. The van der Waals surface area contributed by atoms with Gasteiger partial charge in [0.2, 0.25) is 0 Å². The quantitative estimate of drug-likeness (QED) is 0.791. The van der Waals surface area contributed by atoms with Crippen molar-refractivity contribution in [3.8, 4) is 0 Å². The van der Waals surface area contributed by atoms with E-state index in [1.54, 1.807) is 24.3 Å².